The van der Waals surface area contributed by atoms with Crippen LogP contribution in [0.4, 0.5) is 11.4 Å². The minimum atomic E-state index is -0.277. The molecule has 2 N–H and O–H groups in total. The van der Waals surface area contributed by atoms with E-state index in [2.05, 4.69) is 10.6 Å². The standard InChI is InChI=1S/C25H27N3O3/c1-17(18-9-6-5-7-10-18)26-25(30)22-16-20(13-14-23(22)28(2)3)27-24(29)19-11-8-12-21(15-19)31-4/h5-17H,1-4H3,(H,26,30)(H,27,29). The van der Waals surface area contributed by atoms with E-state index in [9.17, 15) is 9.59 Å². The zero-order valence-electron chi connectivity index (χ0n) is 18.2. The maximum atomic E-state index is 13.1. The molecule has 2 amide bonds. The molecule has 1 atom stereocenters. The molecular weight excluding hydrogens is 390 g/mol. The average molecular weight is 418 g/mol. The van der Waals surface area contributed by atoms with Gasteiger partial charge in [-0.25, -0.2) is 0 Å². The fourth-order valence-electron chi connectivity index (χ4n) is 3.25. The molecule has 160 valence electrons. The van der Waals surface area contributed by atoms with Crippen LogP contribution in [0.15, 0.2) is 72.8 Å². The van der Waals surface area contributed by atoms with Gasteiger partial charge in [-0.2, -0.15) is 0 Å². The van der Waals surface area contributed by atoms with Crippen LogP contribution >= 0.6 is 0 Å². The summed E-state index contributed by atoms with van der Waals surface area (Å²) in [6, 6.07) is 21.8. The van der Waals surface area contributed by atoms with E-state index >= 15 is 0 Å². The number of nitrogens with zero attached hydrogens (tertiary/aromatic N) is 1. The first-order valence-electron chi connectivity index (χ1n) is 10.0. The first-order chi connectivity index (χ1) is 14.9. The Labute approximate surface area is 182 Å². The Morgan fingerprint density at radius 1 is 0.903 bits per heavy atom. The van der Waals surface area contributed by atoms with Gasteiger partial charge in [-0.05, 0) is 48.9 Å². The van der Waals surface area contributed by atoms with Crippen LogP contribution in [-0.4, -0.2) is 33.0 Å². The Kier molecular flexibility index (Phi) is 6.92. The van der Waals surface area contributed by atoms with Crippen LogP contribution in [0.1, 0.15) is 39.2 Å². The molecule has 3 rings (SSSR count). The van der Waals surface area contributed by atoms with Crippen molar-refractivity contribution in [1.29, 1.82) is 0 Å². The van der Waals surface area contributed by atoms with Crippen LogP contribution in [-0.2, 0) is 0 Å². The quantitative estimate of drug-likeness (QED) is 0.594. The molecule has 0 saturated carbocycles. The fraction of sp³-hybridized carbons (Fsp3) is 0.200. The molecule has 0 aliphatic rings. The predicted octanol–water partition coefficient (Wildman–Crippen LogP) is 4.50. The topological polar surface area (TPSA) is 70.7 Å². The van der Waals surface area contributed by atoms with Gasteiger partial charge in [-0.1, -0.05) is 36.4 Å². The first kappa shape index (κ1) is 21.9. The number of hydrogen-bond acceptors (Lipinski definition) is 4. The second-order valence-electron chi connectivity index (χ2n) is 7.42. The Hall–Kier alpha value is -3.80. The van der Waals surface area contributed by atoms with Gasteiger partial charge >= 0.3 is 0 Å². The fourth-order valence-corrected chi connectivity index (χ4v) is 3.25. The number of carbonyl (C=O) groups excluding carboxylic acids is 2. The highest BCUT2D eigenvalue weighted by molar-refractivity contribution is 6.06. The van der Waals surface area contributed by atoms with E-state index < -0.39 is 0 Å². The van der Waals surface area contributed by atoms with E-state index in [4.69, 9.17) is 4.74 Å². The van der Waals surface area contributed by atoms with E-state index in [1.54, 1.807) is 43.5 Å². The third kappa shape index (κ3) is 5.42. The Balaban J connectivity index is 1.83. The van der Waals surface area contributed by atoms with Crippen molar-refractivity contribution in [3.8, 4) is 5.75 Å². The lowest BCUT2D eigenvalue weighted by Crippen LogP contribution is -2.28. The van der Waals surface area contributed by atoms with Crippen LogP contribution in [0.3, 0.4) is 0 Å². The molecule has 0 bridgehead atoms. The third-order valence-electron chi connectivity index (χ3n) is 4.96. The minimum absolute atomic E-state index is 0.154. The molecule has 0 fully saturated rings. The van der Waals surface area contributed by atoms with Crippen molar-refractivity contribution in [2.24, 2.45) is 0 Å². The predicted molar refractivity (Wildman–Crippen MR) is 124 cm³/mol. The molecule has 1 unspecified atom stereocenters. The molecule has 0 radical (unpaired) electrons. The molecule has 3 aromatic carbocycles. The summed E-state index contributed by atoms with van der Waals surface area (Å²) in [5.41, 5.74) is 3.27. The van der Waals surface area contributed by atoms with Gasteiger partial charge in [-0.15, -0.1) is 0 Å². The highest BCUT2D eigenvalue weighted by Gasteiger charge is 2.18. The Morgan fingerprint density at radius 3 is 2.32 bits per heavy atom. The normalized spacial score (nSPS) is 11.4. The number of benzene rings is 3. The summed E-state index contributed by atoms with van der Waals surface area (Å²) in [5, 5.41) is 5.90. The van der Waals surface area contributed by atoms with E-state index in [-0.39, 0.29) is 17.9 Å². The SMILES string of the molecule is COc1cccc(C(=O)Nc2ccc(N(C)C)c(C(=O)NC(C)c3ccccc3)c2)c1. The lowest BCUT2D eigenvalue weighted by molar-refractivity contribution is 0.0939. The maximum absolute atomic E-state index is 13.1. The van der Waals surface area contributed by atoms with Gasteiger partial charge in [0.1, 0.15) is 5.75 Å². The third-order valence-corrected chi connectivity index (χ3v) is 4.96. The highest BCUT2D eigenvalue weighted by atomic mass is 16.5. The molecule has 0 aliphatic heterocycles. The molecule has 6 heteroatoms. The van der Waals surface area contributed by atoms with E-state index in [0.717, 1.165) is 11.3 Å². The Morgan fingerprint density at radius 2 is 1.65 bits per heavy atom. The lowest BCUT2D eigenvalue weighted by atomic mass is 10.1. The number of amides is 2. The first-order valence-corrected chi connectivity index (χ1v) is 10.0. The second kappa shape index (κ2) is 9.80. The molecule has 0 heterocycles. The van der Waals surface area contributed by atoms with Crippen molar-refractivity contribution in [1.82, 2.24) is 5.32 Å². The average Bonchev–Trinajstić information content (AvgIpc) is 2.79. The van der Waals surface area contributed by atoms with Crippen molar-refractivity contribution in [2.45, 2.75) is 13.0 Å². The number of methoxy groups -OCH3 is 1. The number of nitrogens with one attached hydrogen (secondary N) is 2. The van der Waals surface area contributed by atoms with E-state index in [0.29, 0.717) is 22.6 Å². The van der Waals surface area contributed by atoms with Crippen molar-refractivity contribution < 1.29 is 14.3 Å². The van der Waals surface area contributed by atoms with Crippen LogP contribution < -0.4 is 20.3 Å². The number of rotatable bonds is 7. The molecule has 0 spiro atoms. The van der Waals surface area contributed by atoms with E-state index in [1.165, 1.54) is 0 Å². The van der Waals surface area contributed by atoms with Crippen molar-refractivity contribution in [3.63, 3.8) is 0 Å². The van der Waals surface area contributed by atoms with Gasteiger partial charge in [0.05, 0.1) is 18.7 Å². The highest BCUT2D eigenvalue weighted by Crippen LogP contribution is 2.25. The summed E-state index contributed by atoms with van der Waals surface area (Å²) >= 11 is 0. The number of anilines is 2. The molecule has 31 heavy (non-hydrogen) atoms. The lowest BCUT2D eigenvalue weighted by Gasteiger charge is -2.20. The van der Waals surface area contributed by atoms with Crippen molar-refractivity contribution >= 4 is 23.2 Å². The van der Waals surface area contributed by atoms with Gasteiger partial charge < -0.3 is 20.3 Å². The van der Waals surface area contributed by atoms with Crippen molar-refractivity contribution in [3.05, 3.63) is 89.5 Å². The zero-order chi connectivity index (χ0) is 22.4. The molecule has 3 aromatic rings. The zero-order valence-corrected chi connectivity index (χ0v) is 18.2. The van der Waals surface area contributed by atoms with Gasteiger partial charge in [0.2, 0.25) is 0 Å². The van der Waals surface area contributed by atoms with Gasteiger partial charge in [-0.3, -0.25) is 9.59 Å². The summed E-state index contributed by atoms with van der Waals surface area (Å²) in [6.45, 7) is 1.94. The van der Waals surface area contributed by atoms with E-state index in [1.807, 2.05) is 62.3 Å². The van der Waals surface area contributed by atoms with Gasteiger partial charge in [0.15, 0.2) is 0 Å². The summed E-state index contributed by atoms with van der Waals surface area (Å²) in [5.74, 6) is 0.114. The second-order valence-corrected chi connectivity index (χ2v) is 7.42. The summed E-state index contributed by atoms with van der Waals surface area (Å²) in [6.07, 6.45) is 0. The number of carbonyl (C=O) groups is 2. The largest absolute Gasteiger partial charge is 0.497 e. The molecule has 0 aromatic heterocycles. The smallest absolute Gasteiger partial charge is 0.255 e. The number of ether oxygens (including phenoxy) is 1. The van der Waals surface area contributed by atoms with Crippen LogP contribution in [0.2, 0.25) is 0 Å². The molecular formula is C25H27N3O3. The molecule has 6 nitrogen and oxygen atoms in total. The van der Waals surface area contributed by atoms with Crippen molar-refractivity contribution in [2.75, 3.05) is 31.4 Å². The molecule has 0 aliphatic carbocycles. The van der Waals surface area contributed by atoms with Gasteiger partial charge in [0.25, 0.3) is 11.8 Å². The minimum Gasteiger partial charge on any atom is -0.497 e. The monoisotopic (exact) mass is 417 g/mol. The van der Waals surface area contributed by atoms with Crippen LogP contribution in [0.5, 0.6) is 5.75 Å². The van der Waals surface area contributed by atoms with Crippen LogP contribution in [0.25, 0.3) is 0 Å². The summed E-state index contributed by atoms with van der Waals surface area (Å²) in [7, 11) is 5.31. The van der Waals surface area contributed by atoms with Crippen LogP contribution in [0, 0.1) is 0 Å². The molecule has 0 saturated heterocycles. The number of hydrogen-bond donors (Lipinski definition) is 2. The summed E-state index contributed by atoms with van der Waals surface area (Å²) < 4.78 is 5.18. The summed E-state index contributed by atoms with van der Waals surface area (Å²) in [4.78, 5) is 27.6. The maximum Gasteiger partial charge on any atom is 0.255 e. The Bertz CT molecular complexity index is 1060. The van der Waals surface area contributed by atoms with Gasteiger partial charge in [0, 0.05) is 31.0 Å².